The molecule has 0 aromatic heterocycles. The number of nitrogens with two attached hydrogens (primary N) is 1. The van der Waals surface area contributed by atoms with Gasteiger partial charge in [0.15, 0.2) is 0 Å². The van der Waals surface area contributed by atoms with Crippen LogP contribution in [0.5, 0.6) is 0 Å². The van der Waals surface area contributed by atoms with Gasteiger partial charge < -0.3 is 11.1 Å². The molecular weight excluding hydrogens is 247 g/mol. The molecule has 5 heteroatoms. The fourth-order valence-electron chi connectivity index (χ4n) is 1.30. The Morgan fingerprint density at radius 3 is 2.81 bits per heavy atom. The van der Waals surface area contributed by atoms with Crippen LogP contribution in [0.1, 0.15) is 18.4 Å². The predicted molar refractivity (Wildman–Crippen MR) is 66.6 cm³/mol. The van der Waals surface area contributed by atoms with Crippen LogP contribution in [-0.4, -0.2) is 12.5 Å². The van der Waals surface area contributed by atoms with Crippen molar-refractivity contribution in [3.63, 3.8) is 0 Å². The minimum absolute atomic E-state index is 0.275. The third-order valence-electron chi connectivity index (χ3n) is 2.12. The molecule has 16 heavy (non-hydrogen) atoms. The summed E-state index contributed by atoms with van der Waals surface area (Å²) in [5.41, 5.74) is 5.98. The molecule has 3 nitrogen and oxygen atoms in total. The van der Waals surface area contributed by atoms with Crippen molar-refractivity contribution >= 4 is 29.1 Å². The van der Waals surface area contributed by atoms with Gasteiger partial charge in [0.25, 0.3) is 0 Å². The molecule has 1 aromatic rings. The van der Waals surface area contributed by atoms with Gasteiger partial charge in [0.2, 0.25) is 5.91 Å². The molecule has 0 atom stereocenters. The van der Waals surface area contributed by atoms with E-state index in [2.05, 4.69) is 5.32 Å². The summed E-state index contributed by atoms with van der Waals surface area (Å²) in [5.74, 6) is -0.275. The first kappa shape index (κ1) is 13.3. The maximum atomic E-state index is 10.5. The van der Waals surface area contributed by atoms with Crippen molar-refractivity contribution in [3.05, 3.63) is 33.8 Å². The van der Waals surface area contributed by atoms with E-state index in [0.29, 0.717) is 23.0 Å². The van der Waals surface area contributed by atoms with Crippen LogP contribution in [0, 0.1) is 0 Å². The number of carbonyl (C=O) groups is 1. The van der Waals surface area contributed by atoms with Gasteiger partial charge in [-0.25, -0.2) is 0 Å². The van der Waals surface area contributed by atoms with Crippen molar-refractivity contribution in [2.45, 2.75) is 19.4 Å². The van der Waals surface area contributed by atoms with Crippen molar-refractivity contribution in [2.75, 3.05) is 6.54 Å². The van der Waals surface area contributed by atoms with Gasteiger partial charge in [-0.1, -0.05) is 35.3 Å². The summed E-state index contributed by atoms with van der Waals surface area (Å²) in [6.07, 6.45) is 1.13. The number of nitrogens with one attached hydrogen (secondary N) is 1. The summed E-state index contributed by atoms with van der Waals surface area (Å²) < 4.78 is 0. The summed E-state index contributed by atoms with van der Waals surface area (Å²) in [5, 5.41) is 4.30. The normalized spacial score (nSPS) is 10.4. The Morgan fingerprint density at radius 1 is 1.38 bits per heavy atom. The maximum absolute atomic E-state index is 10.5. The Labute approximate surface area is 105 Å². The highest BCUT2D eigenvalue weighted by Gasteiger charge is 2.03. The molecule has 0 fully saturated rings. The van der Waals surface area contributed by atoms with E-state index in [9.17, 15) is 4.79 Å². The SMILES string of the molecule is NC(=O)CCCNCc1cccc(Cl)c1Cl. The highest BCUT2D eigenvalue weighted by Crippen LogP contribution is 2.25. The monoisotopic (exact) mass is 260 g/mol. The molecule has 0 aliphatic carbocycles. The van der Waals surface area contributed by atoms with Gasteiger partial charge in [-0.05, 0) is 24.6 Å². The Morgan fingerprint density at radius 2 is 2.12 bits per heavy atom. The van der Waals surface area contributed by atoms with Gasteiger partial charge in [-0.15, -0.1) is 0 Å². The van der Waals surface area contributed by atoms with Gasteiger partial charge in [0.1, 0.15) is 0 Å². The lowest BCUT2D eigenvalue weighted by atomic mass is 10.2. The van der Waals surface area contributed by atoms with Crippen LogP contribution < -0.4 is 11.1 Å². The van der Waals surface area contributed by atoms with Crippen molar-refractivity contribution in [2.24, 2.45) is 5.73 Å². The van der Waals surface area contributed by atoms with Crippen LogP contribution in [0.4, 0.5) is 0 Å². The van der Waals surface area contributed by atoms with Gasteiger partial charge in [0.05, 0.1) is 10.0 Å². The number of hydrogen-bond acceptors (Lipinski definition) is 2. The number of amides is 1. The maximum Gasteiger partial charge on any atom is 0.217 e. The van der Waals surface area contributed by atoms with E-state index in [0.717, 1.165) is 18.5 Å². The molecule has 3 N–H and O–H groups in total. The lowest BCUT2D eigenvalue weighted by Gasteiger charge is -2.07. The highest BCUT2D eigenvalue weighted by molar-refractivity contribution is 6.42. The molecule has 0 aliphatic rings. The third-order valence-corrected chi connectivity index (χ3v) is 2.98. The van der Waals surface area contributed by atoms with E-state index < -0.39 is 0 Å². The van der Waals surface area contributed by atoms with Gasteiger partial charge in [-0.2, -0.15) is 0 Å². The highest BCUT2D eigenvalue weighted by atomic mass is 35.5. The summed E-state index contributed by atoms with van der Waals surface area (Å²) in [4.78, 5) is 10.5. The van der Waals surface area contributed by atoms with Crippen LogP contribution in [0.15, 0.2) is 18.2 Å². The predicted octanol–water partition coefficient (Wildman–Crippen LogP) is 2.35. The molecule has 1 aromatic carbocycles. The first-order valence-electron chi connectivity index (χ1n) is 5.03. The van der Waals surface area contributed by atoms with Crippen molar-refractivity contribution in [3.8, 4) is 0 Å². The largest absolute Gasteiger partial charge is 0.370 e. The molecule has 0 saturated carbocycles. The Balaban J connectivity index is 2.32. The first-order chi connectivity index (χ1) is 7.61. The molecule has 0 radical (unpaired) electrons. The van der Waals surface area contributed by atoms with E-state index in [1.807, 2.05) is 12.1 Å². The minimum atomic E-state index is -0.275. The van der Waals surface area contributed by atoms with Crippen LogP contribution in [0.25, 0.3) is 0 Å². The van der Waals surface area contributed by atoms with Crippen LogP contribution in [0.2, 0.25) is 10.0 Å². The number of rotatable bonds is 6. The van der Waals surface area contributed by atoms with Crippen LogP contribution >= 0.6 is 23.2 Å². The summed E-state index contributed by atoms with van der Waals surface area (Å²) in [7, 11) is 0. The number of benzene rings is 1. The van der Waals surface area contributed by atoms with Gasteiger partial charge >= 0.3 is 0 Å². The molecule has 0 bridgehead atoms. The van der Waals surface area contributed by atoms with E-state index >= 15 is 0 Å². The molecule has 0 saturated heterocycles. The molecule has 88 valence electrons. The molecule has 0 spiro atoms. The number of carbonyl (C=O) groups excluding carboxylic acids is 1. The second-order valence-corrected chi connectivity index (χ2v) is 4.24. The Kier molecular flexibility index (Phi) is 5.60. The smallest absolute Gasteiger partial charge is 0.217 e. The van der Waals surface area contributed by atoms with Gasteiger partial charge in [-0.3, -0.25) is 4.79 Å². The zero-order valence-electron chi connectivity index (χ0n) is 8.80. The average Bonchev–Trinajstić information content (AvgIpc) is 2.23. The van der Waals surface area contributed by atoms with Crippen molar-refractivity contribution in [1.82, 2.24) is 5.32 Å². The molecule has 0 unspecified atom stereocenters. The topological polar surface area (TPSA) is 55.1 Å². The van der Waals surface area contributed by atoms with Crippen molar-refractivity contribution in [1.29, 1.82) is 0 Å². The first-order valence-corrected chi connectivity index (χ1v) is 5.78. The van der Waals surface area contributed by atoms with Crippen LogP contribution in [0.3, 0.4) is 0 Å². The number of halogens is 2. The number of primary amides is 1. The van der Waals surface area contributed by atoms with Crippen molar-refractivity contribution < 1.29 is 4.79 Å². The second kappa shape index (κ2) is 6.74. The molecular formula is C11H14Cl2N2O. The minimum Gasteiger partial charge on any atom is -0.370 e. The quantitative estimate of drug-likeness (QED) is 0.772. The summed E-state index contributed by atoms with van der Waals surface area (Å²) >= 11 is 11.9. The van der Waals surface area contributed by atoms with E-state index in [1.54, 1.807) is 6.07 Å². The van der Waals surface area contributed by atoms with E-state index in [-0.39, 0.29) is 5.91 Å². The second-order valence-electron chi connectivity index (χ2n) is 3.46. The zero-order chi connectivity index (χ0) is 12.0. The average molecular weight is 261 g/mol. The van der Waals surface area contributed by atoms with E-state index in [4.69, 9.17) is 28.9 Å². The lowest BCUT2D eigenvalue weighted by Crippen LogP contribution is -2.18. The van der Waals surface area contributed by atoms with Crippen LogP contribution in [-0.2, 0) is 11.3 Å². The molecule has 0 aliphatic heterocycles. The fraction of sp³-hybridized carbons (Fsp3) is 0.364. The Bertz CT molecular complexity index is 369. The van der Waals surface area contributed by atoms with Gasteiger partial charge in [0, 0.05) is 13.0 Å². The molecule has 1 rings (SSSR count). The zero-order valence-corrected chi connectivity index (χ0v) is 10.3. The third kappa shape index (κ3) is 4.39. The number of hydrogen-bond donors (Lipinski definition) is 2. The standard InChI is InChI=1S/C11H14Cl2N2O/c12-9-4-1-3-8(11(9)13)7-15-6-2-5-10(14)16/h1,3-4,15H,2,5-7H2,(H2,14,16). The summed E-state index contributed by atoms with van der Waals surface area (Å²) in [6.45, 7) is 1.37. The van der Waals surface area contributed by atoms with E-state index in [1.165, 1.54) is 0 Å². The molecule has 1 amide bonds. The molecule has 0 heterocycles. The summed E-state index contributed by atoms with van der Waals surface area (Å²) in [6, 6.07) is 5.52. The fourth-order valence-corrected chi connectivity index (χ4v) is 1.68. The lowest BCUT2D eigenvalue weighted by molar-refractivity contribution is -0.118. The Hall–Kier alpha value is -0.770.